The zero-order valence-electron chi connectivity index (χ0n) is 9.84. The van der Waals surface area contributed by atoms with E-state index in [1.165, 1.54) is 11.3 Å². The number of hydrogen-bond donors (Lipinski definition) is 1. The standard InChI is InChI=1S/C11H11ClFNO3S2/c12-8-2-3-10-9(6-8)14(11(7-13)18-10)4-1-5-19(15,16)17/h2-3,6H,1,4-5,7H2/p+1. The van der Waals surface area contributed by atoms with Crippen LogP contribution in [-0.4, -0.2) is 18.7 Å². The summed E-state index contributed by atoms with van der Waals surface area (Å²) in [5, 5.41) is 1.05. The average Bonchev–Trinajstić information content (AvgIpc) is 2.65. The molecule has 0 amide bonds. The lowest BCUT2D eigenvalue weighted by atomic mass is 10.3. The lowest BCUT2D eigenvalue weighted by molar-refractivity contribution is -0.675. The molecule has 0 unspecified atom stereocenters. The SMILES string of the molecule is O=S(=O)(O)CCC[n+]1c(CF)sc2ccc(Cl)cc21. The fourth-order valence-corrected chi connectivity index (χ4v) is 3.53. The molecule has 0 fully saturated rings. The molecule has 0 saturated carbocycles. The van der Waals surface area contributed by atoms with Crippen LogP contribution < -0.4 is 4.57 Å². The molecule has 104 valence electrons. The first kappa shape index (κ1) is 14.6. The van der Waals surface area contributed by atoms with Gasteiger partial charge in [-0.25, -0.2) is 4.39 Å². The molecule has 0 aliphatic carbocycles. The number of benzene rings is 1. The lowest BCUT2D eigenvalue weighted by Crippen LogP contribution is -2.36. The molecular weight excluding hydrogens is 313 g/mol. The van der Waals surface area contributed by atoms with Crippen molar-refractivity contribution in [1.29, 1.82) is 0 Å². The normalized spacial score (nSPS) is 12.2. The van der Waals surface area contributed by atoms with Gasteiger partial charge < -0.3 is 0 Å². The van der Waals surface area contributed by atoms with Crippen molar-refractivity contribution in [2.24, 2.45) is 0 Å². The predicted molar refractivity (Wildman–Crippen MR) is 72.9 cm³/mol. The molecule has 0 bridgehead atoms. The van der Waals surface area contributed by atoms with Gasteiger partial charge in [0.25, 0.3) is 15.1 Å². The van der Waals surface area contributed by atoms with Crippen LogP contribution in [0.15, 0.2) is 18.2 Å². The van der Waals surface area contributed by atoms with E-state index in [0.29, 0.717) is 16.6 Å². The molecule has 2 rings (SSSR count). The fraction of sp³-hybridized carbons (Fsp3) is 0.364. The van der Waals surface area contributed by atoms with E-state index >= 15 is 0 Å². The quantitative estimate of drug-likeness (QED) is 0.679. The summed E-state index contributed by atoms with van der Waals surface area (Å²) in [7, 11) is -3.99. The summed E-state index contributed by atoms with van der Waals surface area (Å²) in [4.78, 5) is 0. The van der Waals surface area contributed by atoms with E-state index in [2.05, 4.69) is 0 Å². The van der Waals surface area contributed by atoms with Gasteiger partial charge >= 0.3 is 0 Å². The molecule has 0 spiro atoms. The predicted octanol–water partition coefficient (Wildman–Crippen LogP) is 2.59. The molecule has 0 radical (unpaired) electrons. The second kappa shape index (κ2) is 5.70. The summed E-state index contributed by atoms with van der Waals surface area (Å²) in [6, 6.07) is 5.26. The molecule has 0 atom stereocenters. The second-order valence-electron chi connectivity index (χ2n) is 4.03. The maximum absolute atomic E-state index is 13.0. The molecule has 0 aliphatic rings. The van der Waals surface area contributed by atoms with Crippen molar-refractivity contribution in [2.75, 3.05) is 5.75 Å². The number of aryl methyl sites for hydroxylation is 1. The molecule has 1 aromatic carbocycles. The third kappa shape index (κ3) is 3.62. The van der Waals surface area contributed by atoms with Gasteiger partial charge in [0.1, 0.15) is 4.70 Å². The van der Waals surface area contributed by atoms with Gasteiger partial charge in [-0.05, 0) is 12.1 Å². The first-order valence-electron chi connectivity index (χ1n) is 5.52. The summed E-state index contributed by atoms with van der Waals surface area (Å²) in [5.41, 5.74) is 0.778. The van der Waals surface area contributed by atoms with Crippen molar-refractivity contribution in [3.63, 3.8) is 0 Å². The zero-order chi connectivity index (χ0) is 14.0. The van der Waals surface area contributed by atoms with Crippen LogP contribution in [0, 0.1) is 0 Å². The third-order valence-electron chi connectivity index (χ3n) is 2.64. The van der Waals surface area contributed by atoms with Crippen LogP contribution in [0.4, 0.5) is 4.39 Å². The minimum absolute atomic E-state index is 0.217. The summed E-state index contributed by atoms with van der Waals surface area (Å²) >= 11 is 7.22. The molecule has 2 aromatic rings. The largest absolute Gasteiger partial charge is 0.286 e. The van der Waals surface area contributed by atoms with Crippen LogP contribution in [0.5, 0.6) is 0 Å². The Bertz CT molecular complexity index is 699. The Labute approximate surface area is 119 Å². The molecular formula is C11H12ClFNO3S2+. The topological polar surface area (TPSA) is 58.3 Å². The number of rotatable bonds is 5. The van der Waals surface area contributed by atoms with Gasteiger partial charge in [-0.1, -0.05) is 22.9 Å². The van der Waals surface area contributed by atoms with Crippen LogP contribution >= 0.6 is 22.9 Å². The Hall–Kier alpha value is -0.760. The first-order chi connectivity index (χ1) is 8.90. The van der Waals surface area contributed by atoms with Crippen molar-refractivity contribution >= 4 is 43.3 Å². The number of halogens is 2. The van der Waals surface area contributed by atoms with E-state index in [4.69, 9.17) is 16.2 Å². The molecule has 0 saturated heterocycles. The van der Waals surface area contributed by atoms with E-state index in [1.54, 1.807) is 22.8 Å². The van der Waals surface area contributed by atoms with E-state index in [0.717, 1.165) is 10.2 Å². The molecule has 4 nitrogen and oxygen atoms in total. The van der Waals surface area contributed by atoms with Crippen LogP contribution in [0.3, 0.4) is 0 Å². The van der Waals surface area contributed by atoms with Gasteiger partial charge in [-0.2, -0.15) is 13.0 Å². The Balaban J connectivity index is 2.32. The van der Waals surface area contributed by atoms with Crippen LogP contribution in [-0.2, 0) is 23.3 Å². The van der Waals surface area contributed by atoms with E-state index in [-0.39, 0.29) is 12.2 Å². The summed E-state index contributed by atoms with van der Waals surface area (Å²) in [5.74, 6) is -0.344. The Morgan fingerprint density at radius 3 is 2.79 bits per heavy atom. The minimum Gasteiger partial charge on any atom is -0.286 e. The minimum atomic E-state index is -3.99. The Morgan fingerprint density at radius 2 is 2.16 bits per heavy atom. The number of fused-ring (bicyclic) bond motifs is 1. The van der Waals surface area contributed by atoms with Gasteiger partial charge in [-0.3, -0.25) is 4.55 Å². The summed E-state index contributed by atoms with van der Waals surface area (Å²) in [6.07, 6.45) is 0.217. The van der Waals surface area contributed by atoms with E-state index in [1.807, 2.05) is 0 Å². The monoisotopic (exact) mass is 324 g/mol. The number of hydrogen-bond acceptors (Lipinski definition) is 3. The third-order valence-corrected chi connectivity index (χ3v) is 4.81. The number of nitrogens with zero attached hydrogens (tertiary/aromatic N) is 1. The lowest BCUT2D eigenvalue weighted by Gasteiger charge is -1.97. The zero-order valence-corrected chi connectivity index (χ0v) is 12.2. The maximum Gasteiger partial charge on any atom is 0.269 e. The highest BCUT2D eigenvalue weighted by molar-refractivity contribution is 7.85. The Morgan fingerprint density at radius 1 is 1.42 bits per heavy atom. The summed E-state index contributed by atoms with van der Waals surface area (Å²) < 4.78 is 45.6. The van der Waals surface area contributed by atoms with Gasteiger partial charge in [-0.15, -0.1) is 0 Å². The van der Waals surface area contributed by atoms with Crippen LogP contribution in [0.2, 0.25) is 5.02 Å². The second-order valence-corrected chi connectivity index (χ2v) is 7.16. The van der Waals surface area contributed by atoms with E-state index < -0.39 is 16.8 Å². The number of thiazole rings is 1. The molecule has 19 heavy (non-hydrogen) atoms. The van der Waals surface area contributed by atoms with Crippen molar-refractivity contribution in [3.05, 3.63) is 28.2 Å². The highest BCUT2D eigenvalue weighted by Gasteiger charge is 2.21. The molecule has 1 heterocycles. The average molecular weight is 325 g/mol. The molecule has 1 N–H and O–H groups in total. The van der Waals surface area contributed by atoms with Gasteiger partial charge in [0.05, 0.1) is 5.75 Å². The van der Waals surface area contributed by atoms with E-state index in [9.17, 15) is 12.8 Å². The van der Waals surface area contributed by atoms with Crippen molar-refractivity contribution in [3.8, 4) is 0 Å². The highest BCUT2D eigenvalue weighted by Crippen LogP contribution is 2.24. The van der Waals surface area contributed by atoms with Crippen molar-refractivity contribution < 1.29 is 21.9 Å². The van der Waals surface area contributed by atoms with Gasteiger partial charge in [0.2, 0.25) is 5.52 Å². The van der Waals surface area contributed by atoms with Gasteiger partial charge in [0.15, 0.2) is 13.2 Å². The van der Waals surface area contributed by atoms with Crippen molar-refractivity contribution in [1.82, 2.24) is 0 Å². The van der Waals surface area contributed by atoms with Gasteiger partial charge in [0, 0.05) is 17.5 Å². The molecule has 8 heteroatoms. The maximum atomic E-state index is 13.0. The molecule has 1 aromatic heterocycles. The number of alkyl halides is 1. The summed E-state index contributed by atoms with van der Waals surface area (Å²) in [6.45, 7) is -0.303. The Kier molecular flexibility index (Phi) is 4.39. The number of aromatic nitrogens is 1. The smallest absolute Gasteiger partial charge is 0.269 e. The molecule has 0 aliphatic heterocycles. The highest BCUT2D eigenvalue weighted by atomic mass is 35.5. The van der Waals surface area contributed by atoms with Crippen LogP contribution in [0.1, 0.15) is 11.4 Å². The van der Waals surface area contributed by atoms with Crippen molar-refractivity contribution in [2.45, 2.75) is 19.6 Å². The first-order valence-corrected chi connectivity index (χ1v) is 8.33. The van der Waals surface area contributed by atoms with Crippen LogP contribution in [0.25, 0.3) is 10.2 Å². The fourth-order valence-electron chi connectivity index (χ4n) is 1.85.